The Labute approximate surface area is 262 Å². The van der Waals surface area contributed by atoms with E-state index in [1.807, 2.05) is 83.1 Å². The molecule has 4 fully saturated rings. The Hall–Kier alpha value is -1.92. The number of hydrogen-bond donors (Lipinski definition) is 1. The van der Waals surface area contributed by atoms with E-state index >= 15 is 0 Å². The molecular weight excluding hydrogens is 564 g/mol. The summed E-state index contributed by atoms with van der Waals surface area (Å²) < 4.78 is 48.3. The van der Waals surface area contributed by atoms with Crippen LogP contribution in [0.25, 0.3) is 0 Å². The molecule has 4 aliphatic rings. The van der Waals surface area contributed by atoms with Crippen molar-refractivity contribution < 1.29 is 43.0 Å². The highest BCUT2D eigenvalue weighted by Gasteiger charge is 2.62. The van der Waals surface area contributed by atoms with E-state index < -0.39 is 23.5 Å². The summed E-state index contributed by atoms with van der Waals surface area (Å²) in [7, 11) is 0. The Morgan fingerprint density at radius 3 is 1.34 bits per heavy atom. The zero-order valence-electron chi connectivity index (χ0n) is 27.2. The summed E-state index contributed by atoms with van der Waals surface area (Å²) in [5.41, 5.74) is 1.12. The monoisotopic (exact) mass is 614 g/mol. The van der Waals surface area contributed by atoms with Gasteiger partial charge < -0.3 is 43.0 Å². The minimum atomic E-state index is -0.777. The first-order valence-electron chi connectivity index (χ1n) is 16.0. The van der Waals surface area contributed by atoms with E-state index in [2.05, 4.69) is 26.0 Å². The van der Waals surface area contributed by atoms with E-state index in [4.69, 9.17) is 37.9 Å². The lowest BCUT2D eigenvalue weighted by Gasteiger charge is -2.35. The third-order valence-corrected chi connectivity index (χ3v) is 9.12. The third kappa shape index (κ3) is 6.92. The zero-order valence-corrected chi connectivity index (χ0v) is 27.2. The average molecular weight is 615 g/mol. The second kappa shape index (κ2) is 13.4. The number of aliphatic hydroxyl groups is 1. The molecule has 244 valence electrons. The molecule has 0 radical (unpaired) electrons. The fourth-order valence-electron chi connectivity index (χ4n) is 6.66. The molecule has 44 heavy (non-hydrogen) atoms. The Morgan fingerprint density at radius 1 is 0.568 bits per heavy atom. The topological polar surface area (TPSA) is 94.1 Å². The first-order chi connectivity index (χ1) is 21.0. The second-order valence-electron chi connectivity index (χ2n) is 13.0. The lowest BCUT2D eigenvalue weighted by Crippen LogP contribution is -2.49. The van der Waals surface area contributed by atoms with E-state index in [0.717, 1.165) is 24.0 Å². The van der Waals surface area contributed by atoms with E-state index in [0.29, 0.717) is 19.6 Å². The van der Waals surface area contributed by atoms with Crippen LogP contribution in [-0.2, 0) is 51.1 Å². The lowest BCUT2D eigenvalue weighted by atomic mass is 9.89. The Bertz CT molecular complexity index is 1090. The van der Waals surface area contributed by atoms with Gasteiger partial charge in [0.2, 0.25) is 0 Å². The molecule has 4 aliphatic heterocycles. The number of fused-ring (bicyclic) bond motifs is 2. The molecule has 4 heterocycles. The average Bonchev–Trinajstić information content (AvgIpc) is 3.67. The van der Waals surface area contributed by atoms with Crippen molar-refractivity contribution >= 4 is 0 Å². The summed E-state index contributed by atoms with van der Waals surface area (Å²) in [4.78, 5) is 0. The molecule has 0 saturated carbocycles. The highest BCUT2D eigenvalue weighted by Crippen LogP contribution is 2.47. The maximum Gasteiger partial charge on any atom is 0.190 e. The summed E-state index contributed by atoms with van der Waals surface area (Å²) >= 11 is 0. The molecule has 9 heteroatoms. The Kier molecular flexibility index (Phi) is 10.2. The first-order valence-corrected chi connectivity index (χ1v) is 16.0. The predicted octanol–water partition coefficient (Wildman–Crippen LogP) is 5.86. The first kappa shape index (κ1) is 33.4. The van der Waals surface area contributed by atoms with E-state index in [9.17, 15) is 5.11 Å². The van der Waals surface area contributed by atoms with Crippen LogP contribution >= 0.6 is 0 Å². The van der Waals surface area contributed by atoms with Gasteiger partial charge >= 0.3 is 0 Å². The zero-order chi connectivity index (χ0) is 31.6. The van der Waals surface area contributed by atoms with Gasteiger partial charge in [0.05, 0.1) is 25.4 Å². The summed E-state index contributed by atoms with van der Waals surface area (Å²) in [6, 6.07) is 20.1. The van der Waals surface area contributed by atoms with Gasteiger partial charge in [0.15, 0.2) is 24.2 Å². The van der Waals surface area contributed by atoms with Gasteiger partial charge in [-0.25, -0.2) is 0 Å². The summed E-state index contributed by atoms with van der Waals surface area (Å²) in [5.74, 6) is -1.31. The quantitative estimate of drug-likeness (QED) is 0.353. The molecule has 0 amide bonds. The highest BCUT2D eigenvalue weighted by atomic mass is 16.9. The molecule has 1 N–H and O–H groups in total. The van der Waals surface area contributed by atoms with Crippen molar-refractivity contribution in [2.24, 2.45) is 0 Å². The van der Waals surface area contributed by atoms with Crippen LogP contribution in [0.5, 0.6) is 0 Å². The molecule has 2 aromatic rings. The number of ether oxygens (including phenoxy) is 8. The molecule has 2 aromatic carbocycles. The predicted molar refractivity (Wildman–Crippen MR) is 163 cm³/mol. The van der Waals surface area contributed by atoms with Crippen LogP contribution in [0.15, 0.2) is 60.7 Å². The SMILES string of the molecule is CCC1(CC)O[C@@H]2OC(C)(C)O[C@H]2C1OCc1ccccc1.CC[C@@]1(CO)O[C@@H]2OC(C)(C)O[C@H]2C1OCc1ccccc1. The van der Waals surface area contributed by atoms with Crippen LogP contribution in [0, 0.1) is 0 Å². The molecule has 4 saturated heterocycles. The van der Waals surface area contributed by atoms with Crippen molar-refractivity contribution in [3.63, 3.8) is 0 Å². The van der Waals surface area contributed by atoms with Crippen molar-refractivity contribution in [1.82, 2.24) is 0 Å². The van der Waals surface area contributed by atoms with Gasteiger partial charge in [0.1, 0.15) is 30.0 Å². The van der Waals surface area contributed by atoms with E-state index in [1.54, 1.807) is 0 Å². The van der Waals surface area contributed by atoms with E-state index in [1.165, 1.54) is 0 Å². The molecule has 2 unspecified atom stereocenters. The van der Waals surface area contributed by atoms with Gasteiger partial charge in [-0.05, 0) is 58.1 Å². The smallest absolute Gasteiger partial charge is 0.190 e. The lowest BCUT2D eigenvalue weighted by molar-refractivity contribution is -0.252. The highest BCUT2D eigenvalue weighted by molar-refractivity contribution is 5.15. The van der Waals surface area contributed by atoms with Gasteiger partial charge in [-0.3, -0.25) is 0 Å². The molecule has 9 nitrogen and oxygen atoms in total. The fourth-order valence-corrected chi connectivity index (χ4v) is 6.66. The van der Waals surface area contributed by atoms with Crippen molar-refractivity contribution in [1.29, 1.82) is 0 Å². The van der Waals surface area contributed by atoms with Crippen LogP contribution in [-0.4, -0.2) is 71.5 Å². The summed E-state index contributed by atoms with van der Waals surface area (Å²) in [6.45, 7) is 14.7. The fraction of sp³-hybridized carbons (Fsp3) is 0.657. The van der Waals surface area contributed by atoms with Crippen LogP contribution in [0.3, 0.4) is 0 Å². The minimum absolute atomic E-state index is 0.116. The Morgan fingerprint density at radius 2 is 0.955 bits per heavy atom. The van der Waals surface area contributed by atoms with Crippen molar-refractivity contribution in [2.75, 3.05) is 6.61 Å². The standard InChI is InChI=1S/C18H26O4.C17H24O5/c1-5-18(6-2)15(19-12-13-10-8-7-9-11-13)14-16(22-18)21-17(3,4)20-14;1-4-17(11-18)14(19-10-12-8-6-5-7-9-12)13-15(22-17)21-16(2,3)20-13/h7-11,14-16H,5-6,12H2,1-4H3;5-9,13-15,18H,4,10-11H2,1-3H3/t14-,15?,16-;13-,14?,15-,17-/m00/s1. The molecule has 0 bridgehead atoms. The minimum Gasteiger partial charge on any atom is -0.393 e. The van der Waals surface area contributed by atoms with Crippen molar-refractivity contribution in [3.8, 4) is 0 Å². The van der Waals surface area contributed by atoms with Crippen LogP contribution in [0.2, 0.25) is 0 Å². The second-order valence-corrected chi connectivity index (χ2v) is 13.0. The molecule has 0 aromatic heterocycles. The molecule has 6 rings (SSSR count). The Balaban J connectivity index is 0.000000175. The number of hydrogen-bond acceptors (Lipinski definition) is 9. The number of aliphatic hydroxyl groups excluding tert-OH is 1. The maximum absolute atomic E-state index is 9.85. The molecule has 7 atom stereocenters. The van der Waals surface area contributed by atoms with Gasteiger partial charge in [-0.1, -0.05) is 81.4 Å². The van der Waals surface area contributed by atoms with Gasteiger partial charge in [0, 0.05) is 0 Å². The molecule has 0 spiro atoms. The van der Waals surface area contributed by atoms with Crippen LogP contribution in [0.4, 0.5) is 0 Å². The number of benzene rings is 2. The maximum atomic E-state index is 9.85. The van der Waals surface area contributed by atoms with E-state index in [-0.39, 0.29) is 42.9 Å². The molecule has 0 aliphatic carbocycles. The largest absolute Gasteiger partial charge is 0.393 e. The normalized spacial score (nSPS) is 34.3. The van der Waals surface area contributed by atoms with Gasteiger partial charge in [-0.15, -0.1) is 0 Å². The van der Waals surface area contributed by atoms with Crippen LogP contribution in [0.1, 0.15) is 78.9 Å². The third-order valence-electron chi connectivity index (χ3n) is 9.12. The van der Waals surface area contributed by atoms with Gasteiger partial charge in [0.25, 0.3) is 0 Å². The molecular formula is C35H50O9. The summed E-state index contributed by atoms with van der Waals surface area (Å²) in [5, 5.41) is 9.85. The number of rotatable bonds is 10. The van der Waals surface area contributed by atoms with Crippen molar-refractivity contribution in [2.45, 2.75) is 141 Å². The van der Waals surface area contributed by atoms with Crippen LogP contribution < -0.4 is 0 Å². The van der Waals surface area contributed by atoms with Gasteiger partial charge in [-0.2, -0.15) is 0 Å². The van der Waals surface area contributed by atoms with Crippen molar-refractivity contribution in [3.05, 3.63) is 71.8 Å². The summed E-state index contributed by atoms with van der Waals surface area (Å²) in [6.07, 6.45) is 0.571.